The molecule has 1 aromatic rings. The number of nitrogens with one attached hydrogen (secondary N) is 1. The molecule has 142 valence electrons. The summed E-state index contributed by atoms with van der Waals surface area (Å²) in [6.45, 7) is 3.72. The second-order valence-electron chi connectivity index (χ2n) is 8.83. The molecule has 0 aromatic heterocycles. The zero-order chi connectivity index (χ0) is 17.8. The van der Waals surface area contributed by atoms with Crippen LogP contribution in [-0.4, -0.2) is 30.4 Å². The number of hydrogen-bond donors (Lipinski definition) is 1. The van der Waals surface area contributed by atoms with E-state index in [2.05, 4.69) is 28.4 Å². The molecule has 4 rings (SSSR count). The number of piperidine rings is 1. The highest BCUT2D eigenvalue weighted by molar-refractivity contribution is 5.99. The molecule has 2 aliphatic heterocycles. The largest absolute Gasteiger partial charge is 0.326 e. The van der Waals surface area contributed by atoms with Gasteiger partial charge in [0, 0.05) is 12.2 Å². The lowest BCUT2D eigenvalue weighted by atomic mass is 9.82. The van der Waals surface area contributed by atoms with E-state index in [1.54, 1.807) is 0 Å². The van der Waals surface area contributed by atoms with Crippen LogP contribution >= 0.6 is 0 Å². The quantitative estimate of drug-likeness (QED) is 0.796. The molecule has 2 fully saturated rings. The topological polar surface area (TPSA) is 32.3 Å². The summed E-state index contributed by atoms with van der Waals surface area (Å²) in [5.74, 6) is 2.15. The highest BCUT2D eigenvalue weighted by Gasteiger charge is 2.22. The second kappa shape index (κ2) is 8.56. The van der Waals surface area contributed by atoms with Gasteiger partial charge in [-0.25, -0.2) is 0 Å². The Balaban J connectivity index is 1.16. The van der Waals surface area contributed by atoms with Gasteiger partial charge in [0.2, 0.25) is 5.91 Å². The first kappa shape index (κ1) is 18.0. The van der Waals surface area contributed by atoms with E-state index >= 15 is 0 Å². The molecule has 1 amide bonds. The number of anilines is 1. The number of benzene rings is 1. The Morgan fingerprint density at radius 1 is 0.962 bits per heavy atom. The Hall–Kier alpha value is -1.35. The highest BCUT2D eigenvalue weighted by Crippen LogP contribution is 2.31. The Morgan fingerprint density at radius 3 is 2.46 bits per heavy atom. The van der Waals surface area contributed by atoms with E-state index in [0.29, 0.717) is 6.42 Å². The first-order chi connectivity index (χ1) is 12.8. The van der Waals surface area contributed by atoms with E-state index in [1.807, 2.05) is 0 Å². The van der Waals surface area contributed by atoms with Crippen molar-refractivity contribution in [2.45, 2.75) is 70.6 Å². The minimum Gasteiger partial charge on any atom is -0.326 e. The van der Waals surface area contributed by atoms with E-state index in [0.717, 1.165) is 30.5 Å². The van der Waals surface area contributed by atoms with Gasteiger partial charge in [-0.3, -0.25) is 4.79 Å². The summed E-state index contributed by atoms with van der Waals surface area (Å²) in [5.41, 5.74) is 3.56. The van der Waals surface area contributed by atoms with E-state index < -0.39 is 0 Å². The second-order valence-corrected chi connectivity index (χ2v) is 8.83. The van der Waals surface area contributed by atoms with Crippen LogP contribution in [0.25, 0.3) is 0 Å². The SMILES string of the molecule is O=C1Cc2cc(CCN3CCC(CCC4CCCCC4)CC3)ccc2N1. The van der Waals surface area contributed by atoms with Crippen molar-refractivity contribution in [3.63, 3.8) is 0 Å². The van der Waals surface area contributed by atoms with Crippen molar-refractivity contribution in [2.24, 2.45) is 11.8 Å². The molecule has 0 atom stereocenters. The molecule has 1 aliphatic carbocycles. The lowest BCUT2D eigenvalue weighted by Gasteiger charge is -2.33. The maximum absolute atomic E-state index is 11.5. The molecular weight excluding hydrogens is 320 g/mol. The molecule has 1 saturated carbocycles. The molecule has 1 saturated heterocycles. The van der Waals surface area contributed by atoms with Gasteiger partial charge in [0.15, 0.2) is 0 Å². The summed E-state index contributed by atoms with van der Waals surface area (Å²) < 4.78 is 0. The van der Waals surface area contributed by atoms with E-state index in [4.69, 9.17) is 0 Å². The van der Waals surface area contributed by atoms with Crippen molar-refractivity contribution >= 4 is 11.6 Å². The lowest BCUT2D eigenvalue weighted by Crippen LogP contribution is -2.35. The molecule has 2 heterocycles. The maximum Gasteiger partial charge on any atom is 0.228 e. The standard InChI is InChI=1S/C23H34N2O/c26-23-17-21-16-20(8-9-22(21)24-23)12-15-25-13-10-19(11-14-25)7-6-18-4-2-1-3-5-18/h8-9,16,18-19H,1-7,10-15,17H2,(H,24,26). The Morgan fingerprint density at radius 2 is 1.69 bits per heavy atom. The third-order valence-electron chi connectivity index (χ3n) is 6.93. The van der Waals surface area contributed by atoms with Crippen molar-refractivity contribution in [1.29, 1.82) is 0 Å². The van der Waals surface area contributed by atoms with Gasteiger partial charge in [0.25, 0.3) is 0 Å². The van der Waals surface area contributed by atoms with Crippen LogP contribution in [0, 0.1) is 11.8 Å². The van der Waals surface area contributed by atoms with Gasteiger partial charge in [-0.05, 0) is 61.4 Å². The number of rotatable bonds is 6. The number of carbonyl (C=O) groups is 1. The third-order valence-corrected chi connectivity index (χ3v) is 6.93. The van der Waals surface area contributed by atoms with Gasteiger partial charge in [0.1, 0.15) is 0 Å². The zero-order valence-corrected chi connectivity index (χ0v) is 16.1. The van der Waals surface area contributed by atoms with Crippen molar-refractivity contribution in [3.05, 3.63) is 29.3 Å². The Labute approximate surface area is 158 Å². The fraction of sp³-hybridized carbons (Fsp3) is 0.696. The molecule has 1 N–H and O–H groups in total. The third kappa shape index (κ3) is 4.68. The van der Waals surface area contributed by atoms with Crippen LogP contribution in [0.5, 0.6) is 0 Å². The molecule has 3 nitrogen and oxygen atoms in total. The summed E-state index contributed by atoms with van der Waals surface area (Å²) >= 11 is 0. The van der Waals surface area contributed by atoms with Crippen LogP contribution in [0.15, 0.2) is 18.2 Å². The Kier molecular flexibility index (Phi) is 5.94. The molecule has 0 unspecified atom stereocenters. The summed E-state index contributed by atoms with van der Waals surface area (Å²) in [6, 6.07) is 6.48. The van der Waals surface area contributed by atoms with Crippen LogP contribution in [0.4, 0.5) is 5.69 Å². The fourth-order valence-corrected chi connectivity index (χ4v) is 5.17. The normalized spacial score (nSPS) is 22.4. The van der Waals surface area contributed by atoms with Crippen molar-refractivity contribution in [2.75, 3.05) is 25.0 Å². The number of hydrogen-bond acceptors (Lipinski definition) is 2. The van der Waals surface area contributed by atoms with Crippen molar-refractivity contribution < 1.29 is 4.79 Å². The minimum absolute atomic E-state index is 0.132. The van der Waals surface area contributed by atoms with Gasteiger partial charge < -0.3 is 10.2 Å². The van der Waals surface area contributed by atoms with E-state index in [-0.39, 0.29) is 5.91 Å². The summed E-state index contributed by atoms with van der Waals surface area (Å²) in [6.07, 6.45) is 14.9. The predicted octanol–water partition coefficient (Wildman–Crippen LogP) is 4.80. The number of carbonyl (C=O) groups excluding carboxylic acids is 1. The van der Waals surface area contributed by atoms with Gasteiger partial charge in [0.05, 0.1) is 6.42 Å². The van der Waals surface area contributed by atoms with Crippen LogP contribution in [-0.2, 0) is 17.6 Å². The summed E-state index contributed by atoms with van der Waals surface area (Å²) in [7, 11) is 0. The lowest BCUT2D eigenvalue weighted by molar-refractivity contribution is -0.115. The van der Waals surface area contributed by atoms with Gasteiger partial charge in [-0.15, -0.1) is 0 Å². The van der Waals surface area contributed by atoms with Crippen LogP contribution in [0.2, 0.25) is 0 Å². The molecule has 3 heteroatoms. The minimum atomic E-state index is 0.132. The maximum atomic E-state index is 11.5. The van der Waals surface area contributed by atoms with Gasteiger partial charge in [-0.1, -0.05) is 57.1 Å². The van der Waals surface area contributed by atoms with Gasteiger partial charge in [-0.2, -0.15) is 0 Å². The average molecular weight is 355 g/mol. The molecule has 0 radical (unpaired) electrons. The Bertz CT molecular complexity index is 613. The van der Waals surface area contributed by atoms with Gasteiger partial charge >= 0.3 is 0 Å². The number of fused-ring (bicyclic) bond motifs is 1. The van der Waals surface area contributed by atoms with E-state index in [1.165, 1.54) is 82.0 Å². The molecule has 0 bridgehead atoms. The van der Waals surface area contributed by atoms with E-state index in [9.17, 15) is 4.79 Å². The molecular formula is C23H34N2O. The molecule has 0 spiro atoms. The first-order valence-electron chi connectivity index (χ1n) is 10.9. The molecule has 1 aromatic carbocycles. The average Bonchev–Trinajstić information content (AvgIpc) is 3.05. The monoisotopic (exact) mass is 354 g/mol. The van der Waals surface area contributed by atoms with Crippen LogP contribution in [0.3, 0.4) is 0 Å². The first-order valence-corrected chi connectivity index (χ1v) is 10.9. The number of nitrogens with zero attached hydrogens (tertiary/aromatic N) is 1. The predicted molar refractivity (Wildman–Crippen MR) is 107 cm³/mol. The molecule has 3 aliphatic rings. The summed E-state index contributed by atoms with van der Waals surface area (Å²) in [4.78, 5) is 14.1. The van der Waals surface area contributed by atoms with Crippen LogP contribution in [0.1, 0.15) is 68.9 Å². The number of amides is 1. The number of likely N-dealkylation sites (tertiary alicyclic amines) is 1. The zero-order valence-electron chi connectivity index (χ0n) is 16.1. The molecule has 26 heavy (non-hydrogen) atoms. The van der Waals surface area contributed by atoms with Crippen molar-refractivity contribution in [1.82, 2.24) is 4.90 Å². The smallest absolute Gasteiger partial charge is 0.228 e. The van der Waals surface area contributed by atoms with Crippen molar-refractivity contribution in [3.8, 4) is 0 Å². The highest BCUT2D eigenvalue weighted by atomic mass is 16.1. The summed E-state index contributed by atoms with van der Waals surface area (Å²) in [5, 5.41) is 2.92. The van der Waals surface area contributed by atoms with Crippen LogP contribution < -0.4 is 5.32 Å². The fourth-order valence-electron chi connectivity index (χ4n) is 5.17.